The number of amides is 2. The zero-order valence-electron chi connectivity index (χ0n) is 17.7. The maximum absolute atomic E-state index is 12.9. The molecule has 3 heterocycles. The van der Waals surface area contributed by atoms with Crippen molar-refractivity contribution in [2.75, 3.05) is 30.0 Å². The summed E-state index contributed by atoms with van der Waals surface area (Å²) in [6, 6.07) is 6.98. The molecule has 0 bridgehead atoms. The summed E-state index contributed by atoms with van der Waals surface area (Å²) in [7, 11) is 1.51. The summed E-state index contributed by atoms with van der Waals surface area (Å²) in [6.45, 7) is 1.01. The van der Waals surface area contributed by atoms with Crippen molar-refractivity contribution in [2.24, 2.45) is 0 Å². The molecular weight excluding hydrogens is 461 g/mol. The zero-order chi connectivity index (χ0) is 23.8. The van der Waals surface area contributed by atoms with Crippen molar-refractivity contribution in [1.82, 2.24) is 10.3 Å². The van der Waals surface area contributed by atoms with Crippen LogP contribution in [0.2, 0.25) is 5.02 Å². The van der Waals surface area contributed by atoms with Crippen LogP contribution in [0.1, 0.15) is 24.8 Å². The van der Waals surface area contributed by atoms with Crippen LogP contribution in [0.4, 0.5) is 24.7 Å². The number of halogens is 4. The van der Waals surface area contributed by atoms with Crippen LogP contribution < -0.4 is 19.9 Å². The Hall–Kier alpha value is -2.85. The van der Waals surface area contributed by atoms with Crippen LogP contribution in [0, 0.1) is 0 Å². The third-order valence-electron chi connectivity index (χ3n) is 5.84. The van der Waals surface area contributed by atoms with Gasteiger partial charge in [0, 0.05) is 31.4 Å². The molecule has 7 nitrogen and oxygen atoms in total. The number of hydrogen-bond acceptors (Lipinski definition) is 6. The lowest BCUT2D eigenvalue weighted by molar-refractivity contribution is -0.137. The van der Waals surface area contributed by atoms with Gasteiger partial charge >= 0.3 is 6.18 Å². The van der Waals surface area contributed by atoms with Crippen molar-refractivity contribution < 1.29 is 27.5 Å². The molecule has 0 aliphatic carbocycles. The highest BCUT2D eigenvalue weighted by Gasteiger charge is 2.41. The van der Waals surface area contributed by atoms with Crippen LogP contribution in [0.5, 0.6) is 5.75 Å². The molecular formula is C22H22ClF3N4O3. The molecule has 11 heteroatoms. The Morgan fingerprint density at radius 3 is 2.55 bits per heavy atom. The van der Waals surface area contributed by atoms with E-state index >= 15 is 0 Å². The average molecular weight is 483 g/mol. The molecule has 2 amide bonds. The number of anilines is 2. The Kier molecular flexibility index (Phi) is 6.49. The Bertz CT molecular complexity index is 1060. The monoisotopic (exact) mass is 482 g/mol. The van der Waals surface area contributed by atoms with Gasteiger partial charge in [0.05, 0.1) is 35.8 Å². The zero-order valence-corrected chi connectivity index (χ0v) is 18.5. The van der Waals surface area contributed by atoms with Gasteiger partial charge in [-0.3, -0.25) is 9.59 Å². The molecule has 0 spiro atoms. The first-order valence-corrected chi connectivity index (χ1v) is 10.8. The minimum absolute atomic E-state index is 0.0264. The number of aromatic nitrogens is 1. The van der Waals surface area contributed by atoms with Crippen molar-refractivity contribution >= 4 is 34.9 Å². The molecule has 176 valence electrons. The number of piperidine rings is 1. The Morgan fingerprint density at radius 2 is 1.91 bits per heavy atom. The van der Waals surface area contributed by atoms with Gasteiger partial charge in [0.25, 0.3) is 5.91 Å². The first-order valence-electron chi connectivity index (χ1n) is 10.4. The molecule has 0 radical (unpaired) electrons. The van der Waals surface area contributed by atoms with E-state index in [1.165, 1.54) is 12.0 Å². The molecule has 0 unspecified atom stereocenters. The number of nitrogens with one attached hydrogen (secondary N) is 1. The van der Waals surface area contributed by atoms with Gasteiger partial charge in [-0.2, -0.15) is 13.2 Å². The van der Waals surface area contributed by atoms with Crippen LogP contribution in [0.15, 0.2) is 36.5 Å². The third-order valence-corrected chi connectivity index (χ3v) is 6.12. The summed E-state index contributed by atoms with van der Waals surface area (Å²) in [5.74, 6) is 0.249. The number of ether oxygens (including phenoxy) is 1. The highest BCUT2D eigenvalue weighted by molar-refractivity contribution is 6.33. The van der Waals surface area contributed by atoms with E-state index < -0.39 is 17.8 Å². The minimum atomic E-state index is -4.50. The molecule has 1 aromatic carbocycles. The highest BCUT2D eigenvalue weighted by Crippen LogP contribution is 2.34. The predicted octanol–water partition coefficient (Wildman–Crippen LogP) is 3.65. The molecule has 2 aliphatic rings. The summed E-state index contributed by atoms with van der Waals surface area (Å²) < 4.78 is 43.7. The SMILES string of the molecule is COc1cccc(N2C(=O)C[C@@H](NC3CCN(c4ncc(C(F)(F)F)cc4Cl)CC3)C2=O)c1. The van der Waals surface area contributed by atoms with Crippen molar-refractivity contribution in [2.45, 2.75) is 37.5 Å². The number of nitrogens with zero attached hydrogens (tertiary/aromatic N) is 3. The lowest BCUT2D eigenvalue weighted by Gasteiger charge is -2.34. The fraction of sp³-hybridized carbons (Fsp3) is 0.409. The second-order valence-electron chi connectivity index (χ2n) is 7.98. The quantitative estimate of drug-likeness (QED) is 0.656. The largest absolute Gasteiger partial charge is 0.497 e. The number of hydrogen-bond donors (Lipinski definition) is 1. The van der Waals surface area contributed by atoms with Crippen molar-refractivity contribution in [1.29, 1.82) is 0 Å². The summed E-state index contributed by atoms with van der Waals surface area (Å²) in [5, 5.41) is 3.22. The van der Waals surface area contributed by atoms with Gasteiger partial charge in [0.2, 0.25) is 5.91 Å². The fourth-order valence-corrected chi connectivity index (χ4v) is 4.43. The van der Waals surface area contributed by atoms with Gasteiger partial charge in [0.15, 0.2) is 0 Å². The molecule has 1 N–H and O–H groups in total. The second-order valence-corrected chi connectivity index (χ2v) is 8.39. The molecule has 2 saturated heterocycles. The molecule has 33 heavy (non-hydrogen) atoms. The number of pyridine rings is 1. The first-order chi connectivity index (χ1) is 15.7. The molecule has 2 aromatic rings. The van der Waals surface area contributed by atoms with Crippen LogP contribution in [0.3, 0.4) is 0 Å². The Labute approximate surface area is 193 Å². The van der Waals surface area contributed by atoms with Crippen molar-refractivity contribution in [3.8, 4) is 5.75 Å². The topological polar surface area (TPSA) is 74.8 Å². The molecule has 1 aromatic heterocycles. The average Bonchev–Trinajstić information content (AvgIpc) is 3.06. The van der Waals surface area contributed by atoms with Gasteiger partial charge < -0.3 is 15.0 Å². The molecule has 0 saturated carbocycles. The summed E-state index contributed by atoms with van der Waals surface area (Å²) in [6.07, 6.45) is -2.42. The van der Waals surface area contributed by atoms with Crippen LogP contribution in [-0.4, -0.2) is 49.1 Å². The minimum Gasteiger partial charge on any atom is -0.497 e. The lowest BCUT2D eigenvalue weighted by Crippen LogP contribution is -2.49. The number of imide groups is 1. The van der Waals surface area contributed by atoms with E-state index in [-0.39, 0.29) is 29.3 Å². The van der Waals surface area contributed by atoms with E-state index in [0.717, 1.165) is 12.3 Å². The predicted molar refractivity (Wildman–Crippen MR) is 117 cm³/mol. The number of methoxy groups -OCH3 is 1. The number of alkyl halides is 3. The van der Waals surface area contributed by atoms with E-state index in [9.17, 15) is 22.8 Å². The maximum Gasteiger partial charge on any atom is 0.417 e. The third kappa shape index (κ3) is 4.91. The lowest BCUT2D eigenvalue weighted by atomic mass is 10.0. The van der Waals surface area contributed by atoms with Crippen LogP contribution in [-0.2, 0) is 15.8 Å². The molecule has 4 rings (SSSR count). The van der Waals surface area contributed by atoms with E-state index in [4.69, 9.17) is 16.3 Å². The van der Waals surface area contributed by atoms with E-state index in [0.29, 0.717) is 43.2 Å². The maximum atomic E-state index is 12.9. The Morgan fingerprint density at radius 1 is 1.18 bits per heavy atom. The van der Waals surface area contributed by atoms with E-state index in [2.05, 4.69) is 10.3 Å². The summed E-state index contributed by atoms with van der Waals surface area (Å²) in [5.41, 5.74) is -0.427. The molecule has 2 fully saturated rings. The van der Waals surface area contributed by atoms with E-state index in [1.807, 2.05) is 4.90 Å². The molecule has 1 atom stereocenters. The van der Waals surface area contributed by atoms with Gasteiger partial charge in [-0.25, -0.2) is 9.88 Å². The van der Waals surface area contributed by atoms with Gasteiger partial charge in [-0.05, 0) is 31.0 Å². The second kappa shape index (κ2) is 9.18. The smallest absolute Gasteiger partial charge is 0.417 e. The van der Waals surface area contributed by atoms with Gasteiger partial charge in [-0.15, -0.1) is 0 Å². The van der Waals surface area contributed by atoms with Crippen LogP contribution in [0.25, 0.3) is 0 Å². The molecule has 2 aliphatic heterocycles. The number of carbonyl (C=O) groups is 2. The Balaban J connectivity index is 1.36. The first kappa shape index (κ1) is 23.3. The summed E-state index contributed by atoms with van der Waals surface area (Å²) >= 11 is 6.06. The fourth-order valence-electron chi connectivity index (χ4n) is 4.14. The number of rotatable bonds is 5. The number of carbonyl (C=O) groups excluding carboxylic acids is 2. The van der Waals surface area contributed by atoms with Crippen molar-refractivity contribution in [3.05, 3.63) is 47.1 Å². The van der Waals surface area contributed by atoms with Gasteiger partial charge in [0.1, 0.15) is 11.6 Å². The van der Waals surface area contributed by atoms with Gasteiger partial charge in [-0.1, -0.05) is 17.7 Å². The van der Waals surface area contributed by atoms with E-state index in [1.54, 1.807) is 24.3 Å². The van der Waals surface area contributed by atoms with Crippen LogP contribution >= 0.6 is 11.6 Å². The normalized spacial score (nSPS) is 20.0. The summed E-state index contributed by atoms with van der Waals surface area (Å²) in [4.78, 5) is 32.3. The van der Waals surface area contributed by atoms with Crippen molar-refractivity contribution in [3.63, 3.8) is 0 Å². The highest BCUT2D eigenvalue weighted by atomic mass is 35.5. The standard InChI is InChI=1S/C22H22ClF3N4O3/c1-33-16-4-2-3-15(10-16)30-19(31)11-18(21(30)32)28-14-5-7-29(8-6-14)20-17(23)9-13(12-27-20)22(24,25)26/h2-4,9-10,12,14,18,28H,5-8,11H2,1H3/t18-/m1/s1. The number of benzene rings is 1.